The van der Waals surface area contributed by atoms with E-state index in [-0.39, 0.29) is 0 Å². The third kappa shape index (κ3) is 2.73. The zero-order valence-corrected chi connectivity index (χ0v) is 12.2. The molecule has 0 fully saturated rings. The van der Waals surface area contributed by atoms with Crippen LogP contribution in [0.25, 0.3) is 11.1 Å². The van der Waals surface area contributed by atoms with Crippen LogP contribution in [-0.2, 0) is 0 Å². The van der Waals surface area contributed by atoms with Crippen molar-refractivity contribution in [2.45, 2.75) is 20.8 Å². The smallest absolute Gasteiger partial charge is 0.123 e. The monoisotopic (exact) mass is 256 g/mol. The second-order valence-corrected chi connectivity index (χ2v) is 4.88. The van der Waals surface area contributed by atoms with E-state index in [9.17, 15) is 0 Å². The number of rotatable bonds is 3. The Hall–Kier alpha value is -1.96. The lowest BCUT2D eigenvalue weighted by Gasteiger charge is -2.14. The van der Waals surface area contributed by atoms with Crippen molar-refractivity contribution in [2.75, 3.05) is 14.2 Å². The van der Waals surface area contributed by atoms with Gasteiger partial charge < -0.3 is 9.47 Å². The lowest BCUT2D eigenvalue weighted by Crippen LogP contribution is -1.93. The molecule has 0 saturated heterocycles. The highest BCUT2D eigenvalue weighted by atomic mass is 16.5. The molecule has 0 aliphatic heterocycles. The maximum absolute atomic E-state index is 5.34. The Morgan fingerprint density at radius 2 is 1.16 bits per heavy atom. The summed E-state index contributed by atoms with van der Waals surface area (Å²) < 4.78 is 10.7. The highest BCUT2D eigenvalue weighted by molar-refractivity contribution is 5.73. The van der Waals surface area contributed by atoms with Gasteiger partial charge >= 0.3 is 0 Å². The van der Waals surface area contributed by atoms with Gasteiger partial charge in [-0.05, 0) is 55.2 Å². The molecule has 0 N–H and O–H groups in total. The van der Waals surface area contributed by atoms with E-state index in [1.54, 1.807) is 14.2 Å². The van der Waals surface area contributed by atoms with Gasteiger partial charge in [0.1, 0.15) is 11.5 Å². The summed E-state index contributed by atoms with van der Waals surface area (Å²) in [6, 6.07) is 10.4. The molecule has 2 aromatic carbocycles. The Labute approximate surface area is 115 Å². The lowest BCUT2D eigenvalue weighted by atomic mass is 9.93. The topological polar surface area (TPSA) is 18.5 Å². The van der Waals surface area contributed by atoms with Crippen LogP contribution in [0.5, 0.6) is 11.5 Å². The van der Waals surface area contributed by atoms with Crippen LogP contribution in [-0.4, -0.2) is 14.2 Å². The SMILES string of the molecule is COc1cc(OC)cc(-c2c(C)cc(C)cc2C)c1. The molecule has 0 aliphatic rings. The first-order chi connectivity index (χ1) is 9.05. The molecule has 2 heteroatoms. The summed E-state index contributed by atoms with van der Waals surface area (Å²) in [6.07, 6.45) is 0. The summed E-state index contributed by atoms with van der Waals surface area (Å²) in [7, 11) is 3.35. The maximum atomic E-state index is 5.34. The van der Waals surface area contributed by atoms with Crippen molar-refractivity contribution in [3.63, 3.8) is 0 Å². The quantitative estimate of drug-likeness (QED) is 0.815. The second-order valence-electron chi connectivity index (χ2n) is 4.88. The lowest BCUT2D eigenvalue weighted by molar-refractivity contribution is 0.394. The number of methoxy groups -OCH3 is 2. The predicted molar refractivity (Wildman–Crippen MR) is 79.2 cm³/mol. The molecule has 0 saturated carbocycles. The molecule has 0 bridgehead atoms. The van der Waals surface area contributed by atoms with Crippen LogP contribution >= 0.6 is 0 Å². The van der Waals surface area contributed by atoms with Crippen molar-refractivity contribution in [3.05, 3.63) is 47.0 Å². The number of hydrogen-bond acceptors (Lipinski definition) is 2. The zero-order chi connectivity index (χ0) is 14.0. The third-order valence-corrected chi connectivity index (χ3v) is 3.32. The average molecular weight is 256 g/mol. The fourth-order valence-corrected chi connectivity index (χ4v) is 2.59. The van der Waals surface area contributed by atoms with Gasteiger partial charge in [0.05, 0.1) is 14.2 Å². The van der Waals surface area contributed by atoms with Gasteiger partial charge in [0.2, 0.25) is 0 Å². The third-order valence-electron chi connectivity index (χ3n) is 3.32. The van der Waals surface area contributed by atoms with Gasteiger partial charge in [-0.2, -0.15) is 0 Å². The Balaban J connectivity index is 2.64. The van der Waals surface area contributed by atoms with E-state index in [2.05, 4.69) is 32.9 Å². The molecule has 2 rings (SSSR count). The minimum Gasteiger partial charge on any atom is -0.497 e. The normalized spacial score (nSPS) is 10.4. The maximum Gasteiger partial charge on any atom is 0.123 e. The summed E-state index contributed by atoms with van der Waals surface area (Å²) in [5, 5.41) is 0. The molecule has 0 amide bonds. The molecule has 0 heterocycles. The van der Waals surface area contributed by atoms with Crippen LogP contribution in [0.15, 0.2) is 30.3 Å². The first-order valence-corrected chi connectivity index (χ1v) is 6.36. The molecule has 2 aromatic rings. The molecular weight excluding hydrogens is 236 g/mol. The number of benzene rings is 2. The standard InChI is InChI=1S/C17H20O2/c1-11-6-12(2)17(13(3)7-11)14-8-15(18-4)10-16(9-14)19-5/h6-10H,1-5H3. The van der Waals surface area contributed by atoms with E-state index < -0.39 is 0 Å². The Kier molecular flexibility index (Phi) is 3.79. The molecule has 0 aromatic heterocycles. The first-order valence-electron chi connectivity index (χ1n) is 6.36. The number of aryl methyl sites for hydroxylation is 3. The fraction of sp³-hybridized carbons (Fsp3) is 0.294. The van der Waals surface area contributed by atoms with Gasteiger partial charge in [-0.1, -0.05) is 17.7 Å². The van der Waals surface area contributed by atoms with Gasteiger partial charge in [-0.3, -0.25) is 0 Å². The molecule has 19 heavy (non-hydrogen) atoms. The van der Waals surface area contributed by atoms with Crippen molar-refractivity contribution >= 4 is 0 Å². The summed E-state index contributed by atoms with van der Waals surface area (Å²) in [5.74, 6) is 1.63. The summed E-state index contributed by atoms with van der Waals surface area (Å²) in [4.78, 5) is 0. The van der Waals surface area contributed by atoms with Gasteiger partial charge in [0.25, 0.3) is 0 Å². The van der Waals surface area contributed by atoms with E-state index in [4.69, 9.17) is 9.47 Å². The van der Waals surface area contributed by atoms with Crippen molar-refractivity contribution < 1.29 is 9.47 Å². The van der Waals surface area contributed by atoms with Crippen molar-refractivity contribution in [2.24, 2.45) is 0 Å². The van der Waals surface area contributed by atoms with Gasteiger partial charge in [0, 0.05) is 6.07 Å². The van der Waals surface area contributed by atoms with Gasteiger partial charge in [0.15, 0.2) is 0 Å². The minimum atomic E-state index is 0.814. The Morgan fingerprint density at radius 1 is 0.684 bits per heavy atom. The zero-order valence-electron chi connectivity index (χ0n) is 12.2. The average Bonchev–Trinajstić information content (AvgIpc) is 2.37. The van der Waals surface area contributed by atoms with Gasteiger partial charge in [-0.25, -0.2) is 0 Å². The summed E-state index contributed by atoms with van der Waals surface area (Å²) in [6.45, 7) is 6.40. The fourth-order valence-electron chi connectivity index (χ4n) is 2.59. The molecule has 0 spiro atoms. The summed E-state index contributed by atoms with van der Waals surface area (Å²) >= 11 is 0. The second kappa shape index (κ2) is 5.35. The largest absolute Gasteiger partial charge is 0.497 e. The van der Waals surface area contributed by atoms with Gasteiger partial charge in [-0.15, -0.1) is 0 Å². The van der Waals surface area contributed by atoms with Crippen LogP contribution in [0.2, 0.25) is 0 Å². The Morgan fingerprint density at radius 3 is 1.58 bits per heavy atom. The molecular formula is C17H20O2. The Bertz CT molecular complexity index is 555. The molecule has 100 valence electrons. The summed E-state index contributed by atoms with van der Waals surface area (Å²) in [5.41, 5.74) is 6.21. The van der Waals surface area contributed by atoms with Crippen molar-refractivity contribution in [1.29, 1.82) is 0 Å². The van der Waals surface area contributed by atoms with Crippen LogP contribution in [0.1, 0.15) is 16.7 Å². The van der Waals surface area contributed by atoms with Crippen LogP contribution in [0, 0.1) is 20.8 Å². The van der Waals surface area contributed by atoms with E-state index in [1.165, 1.54) is 22.3 Å². The minimum absolute atomic E-state index is 0.814. The highest BCUT2D eigenvalue weighted by Gasteiger charge is 2.09. The molecule has 0 aliphatic carbocycles. The van der Waals surface area contributed by atoms with E-state index >= 15 is 0 Å². The molecule has 0 radical (unpaired) electrons. The van der Waals surface area contributed by atoms with E-state index in [0.717, 1.165) is 17.1 Å². The molecule has 2 nitrogen and oxygen atoms in total. The molecule has 0 unspecified atom stereocenters. The van der Waals surface area contributed by atoms with Crippen molar-refractivity contribution in [1.82, 2.24) is 0 Å². The molecule has 0 atom stereocenters. The van der Waals surface area contributed by atoms with Crippen LogP contribution in [0.3, 0.4) is 0 Å². The van der Waals surface area contributed by atoms with E-state index in [0.29, 0.717) is 0 Å². The van der Waals surface area contributed by atoms with Crippen molar-refractivity contribution in [3.8, 4) is 22.6 Å². The highest BCUT2D eigenvalue weighted by Crippen LogP contribution is 2.34. The predicted octanol–water partition coefficient (Wildman–Crippen LogP) is 4.30. The van der Waals surface area contributed by atoms with E-state index in [1.807, 2.05) is 18.2 Å². The van der Waals surface area contributed by atoms with Crippen LogP contribution in [0.4, 0.5) is 0 Å². The first kappa shape index (κ1) is 13.5. The van der Waals surface area contributed by atoms with Crippen LogP contribution < -0.4 is 9.47 Å². The number of hydrogen-bond donors (Lipinski definition) is 0. The number of ether oxygens (including phenoxy) is 2.